The van der Waals surface area contributed by atoms with Crippen LogP contribution in [-0.2, 0) is 17.6 Å². The van der Waals surface area contributed by atoms with Crippen LogP contribution < -0.4 is 10.1 Å². The molecule has 0 spiro atoms. The third-order valence-corrected chi connectivity index (χ3v) is 5.04. The van der Waals surface area contributed by atoms with Crippen LogP contribution in [0.15, 0.2) is 40.8 Å². The number of para-hydroxylation sites is 1. The third-order valence-electron chi connectivity index (χ3n) is 5.04. The summed E-state index contributed by atoms with van der Waals surface area (Å²) in [4.78, 5) is 12.3. The predicted octanol–water partition coefficient (Wildman–Crippen LogP) is 4.95. The Morgan fingerprint density at radius 3 is 2.69 bits per heavy atom. The average Bonchev–Trinajstić information content (AvgIpc) is 3.01. The van der Waals surface area contributed by atoms with E-state index in [1.165, 1.54) is 18.4 Å². The molecule has 0 unspecified atom stereocenters. The fraction of sp³-hybridized carbons (Fsp3) is 0.318. The largest absolute Gasteiger partial charge is 0.484 e. The minimum absolute atomic E-state index is 0.0146. The summed E-state index contributed by atoms with van der Waals surface area (Å²) < 4.78 is 11.7. The van der Waals surface area contributed by atoms with Crippen molar-refractivity contribution in [3.8, 4) is 5.75 Å². The first-order chi connectivity index (χ1) is 12.6. The number of rotatable bonds is 4. The SMILES string of the molecule is Cc1cccc(C)c1NC(=O)COc1ccc2oc3c(c2c1)CCCC3. The average molecular weight is 349 g/mol. The molecule has 0 bridgehead atoms. The molecule has 0 aliphatic heterocycles. The number of ether oxygens (including phenoxy) is 1. The van der Waals surface area contributed by atoms with E-state index in [-0.39, 0.29) is 12.5 Å². The first-order valence-electron chi connectivity index (χ1n) is 9.15. The van der Waals surface area contributed by atoms with Crippen molar-refractivity contribution in [2.75, 3.05) is 11.9 Å². The summed E-state index contributed by atoms with van der Waals surface area (Å²) in [6.45, 7) is 3.96. The normalized spacial score (nSPS) is 13.5. The highest BCUT2D eigenvalue weighted by Gasteiger charge is 2.18. The molecule has 1 aliphatic carbocycles. The first-order valence-corrected chi connectivity index (χ1v) is 9.15. The van der Waals surface area contributed by atoms with Gasteiger partial charge in [-0.1, -0.05) is 18.2 Å². The number of amides is 1. The molecule has 4 heteroatoms. The maximum Gasteiger partial charge on any atom is 0.262 e. The number of furan rings is 1. The molecule has 0 saturated carbocycles. The number of nitrogens with one attached hydrogen (secondary N) is 1. The van der Waals surface area contributed by atoms with E-state index in [1.54, 1.807) is 0 Å². The van der Waals surface area contributed by atoms with Gasteiger partial charge in [0.25, 0.3) is 5.91 Å². The van der Waals surface area contributed by atoms with Crippen molar-refractivity contribution < 1.29 is 13.9 Å². The fourth-order valence-corrected chi connectivity index (χ4v) is 3.67. The van der Waals surface area contributed by atoms with Gasteiger partial charge in [0.05, 0.1) is 0 Å². The van der Waals surface area contributed by atoms with Crippen LogP contribution in [0.4, 0.5) is 5.69 Å². The zero-order chi connectivity index (χ0) is 18.1. The van der Waals surface area contributed by atoms with E-state index in [2.05, 4.69) is 5.32 Å². The van der Waals surface area contributed by atoms with Crippen LogP contribution >= 0.6 is 0 Å². The molecule has 1 aromatic heterocycles. The van der Waals surface area contributed by atoms with Gasteiger partial charge in [-0.05, 0) is 62.4 Å². The minimum atomic E-state index is -0.156. The van der Waals surface area contributed by atoms with E-state index < -0.39 is 0 Å². The summed E-state index contributed by atoms with van der Waals surface area (Å²) in [5.74, 6) is 1.65. The van der Waals surface area contributed by atoms with E-state index in [0.29, 0.717) is 5.75 Å². The summed E-state index contributed by atoms with van der Waals surface area (Å²) in [5.41, 5.74) is 5.16. The lowest BCUT2D eigenvalue weighted by Gasteiger charge is -2.12. The molecule has 134 valence electrons. The summed E-state index contributed by atoms with van der Waals surface area (Å²) in [5, 5.41) is 4.07. The van der Waals surface area contributed by atoms with Gasteiger partial charge in [-0.15, -0.1) is 0 Å². The molecule has 2 aromatic carbocycles. The third kappa shape index (κ3) is 3.19. The topological polar surface area (TPSA) is 51.5 Å². The Hall–Kier alpha value is -2.75. The van der Waals surface area contributed by atoms with E-state index in [9.17, 15) is 4.79 Å². The van der Waals surface area contributed by atoms with Crippen LogP contribution in [0.2, 0.25) is 0 Å². The Kier molecular flexibility index (Phi) is 4.41. The molecule has 4 rings (SSSR count). The lowest BCUT2D eigenvalue weighted by atomic mass is 9.96. The highest BCUT2D eigenvalue weighted by molar-refractivity contribution is 5.93. The smallest absolute Gasteiger partial charge is 0.262 e. The van der Waals surface area contributed by atoms with Gasteiger partial charge in [0.2, 0.25) is 0 Å². The number of anilines is 1. The Morgan fingerprint density at radius 1 is 1.12 bits per heavy atom. The summed E-state index contributed by atoms with van der Waals surface area (Å²) in [6, 6.07) is 11.8. The van der Waals surface area contributed by atoms with E-state index in [4.69, 9.17) is 9.15 Å². The number of carbonyl (C=O) groups excluding carboxylic acids is 1. The molecule has 1 amide bonds. The van der Waals surface area contributed by atoms with Crippen LogP contribution in [0.3, 0.4) is 0 Å². The highest BCUT2D eigenvalue weighted by Crippen LogP contribution is 2.34. The van der Waals surface area contributed by atoms with Crippen molar-refractivity contribution in [2.24, 2.45) is 0 Å². The second-order valence-corrected chi connectivity index (χ2v) is 6.97. The summed E-state index contributed by atoms with van der Waals surface area (Å²) in [6.07, 6.45) is 4.46. The van der Waals surface area contributed by atoms with Crippen molar-refractivity contribution in [3.63, 3.8) is 0 Å². The van der Waals surface area contributed by atoms with Crippen LogP contribution in [0.25, 0.3) is 11.0 Å². The van der Waals surface area contributed by atoms with Gasteiger partial charge < -0.3 is 14.5 Å². The molecule has 0 atom stereocenters. The van der Waals surface area contributed by atoms with Gasteiger partial charge in [0.1, 0.15) is 17.1 Å². The maximum absolute atomic E-state index is 12.3. The van der Waals surface area contributed by atoms with Crippen LogP contribution in [0.5, 0.6) is 5.75 Å². The lowest BCUT2D eigenvalue weighted by Crippen LogP contribution is -2.21. The van der Waals surface area contributed by atoms with E-state index in [1.807, 2.05) is 50.2 Å². The van der Waals surface area contributed by atoms with Gasteiger partial charge in [0.15, 0.2) is 6.61 Å². The quantitative estimate of drug-likeness (QED) is 0.725. The van der Waals surface area contributed by atoms with Gasteiger partial charge >= 0.3 is 0 Å². The molecule has 0 saturated heterocycles. The van der Waals surface area contributed by atoms with Gasteiger partial charge in [-0.2, -0.15) is 0 Å². The first kappa shape index (κ1) is 16.7. The van der Waals surface area contributed by atoms with Crippen molar-refractivity contribution in [1.29, 1.82) is 0 Å². The van der Waals surface area contributed by atoms with Crippen LogP contribution in [-0.4, -0.2) is 12.5 Å². The molecule has 26 heavy (non-hydrogen) atoms. The Labute approximate surface area is 153 Å². The summed E-state index contributed by atoms with van der Waals surface area (Å²) in [7, 11) is 0. The lowest BCUT2D eigenvalue weighted by molar-refractivity contribution is -0.118. The van der Waals surface area contributed by atoms with Crippen LogP contribution in [0, 0.1) is 13.8 Å². The summed E-state index contributed by atoms with van der Waals surface area (Å²) >= 11 is 0. The van der Waals surface area contributed by atoms with Crippen molar-refractivity contribution in [1.82, 2.24) is 0 Å². The van der Waals surface area contributed by atoms with E-state index in [0.717, 1.165) is 46.4 Å². The molecular formula is C22H23NO3. The number of benzene rings is 2. The molecular weight excluding hydrogens is 326 g/mol. The second-order valence-electron chi connectivity index (χ2n) is 6.97. The predicted molar refractivity (Wildman–Crippen MR) is 103 cm³/mol. The fourth-order valence-electron chi connectivity index (χ4n) is 3.67. The standard InChI is InChI=1S/C22H23NO3/c1-14-6-5-7-15(2)22(14)23-21(24)13-25-16-10-11-20-18(12-16)17-8-3-4-9-19(17)26-20/h5-7,10-12H,3-4,8-9,13H2,1-2H3,(H,23,24). The maximum atomic E-state index is 12.3. The van der Waals surface area contributed by atoms with E-state index >= 15 is 0 Å². The minimum Gasteiger partial charge on any atom is -0.484 e. The van der Waals surface area contributed by atoms with Crippen molar-refractivity contribution in [2.45, 2.75) is 39.5 Å². The molecule has 4 nitrogen and oxygen atoms in total. The monoisotopic (exact) mass is 349 g/mol. The Morgan fingerprint density at radius 2 is 1.88 bits per heavy atom. The zero-order valence-electron chi connectivity index (χ0n) is 15.2. The second kappa shape index (κ2) is 6.87. The Bertz CT molecular complexity index is 951. The molecule has 1 aliphatic rings. The van der Waals surface area contributed by atoms with Gasteiger partial charge in [0, 0.05) is 23.1 Å². The number of hydrogen-bond acceptors (Lipinski definition) is 3. The van der Waals surface area contributed by atoms with Crippen molar-refractivity contribution in [3.05, 3.63) is 58.8 Å². The molecule has 0 radical (unpaired) electrons. The number of aryl methyl sites for hydroxylation is 4. The zero-order valence-corrected chi connectivity index (χ0v) is 15.2. The van der Waals surface area contributed by atoms with Gasteiger partial charge in [-0.3, -0.25) is 4.79 Å². The van der Waals surface area contributed by atoms with Gasteiger partial charge in [-0.25, -0.2) is 0 Å². The molecule has 1 N–H and O–H groups in total. The van der Waals surface area contributed by atoms with Crippen LogP contribution in [0.1, 0.15) is 35.3 Å². The number of fused-ring (bicyclic) bond motifs is 3. The molecule has 3 aromatic rings. The molecule has 0 fully saturated rings. The van der Waals surface area contributed by atoms with Crippen molar-refractivity contribution >= 4 is 22.6 Å². The molecule has 1 heterocycles. The number of carbonyl (C=O) groups is 1. The Balaban J connectivity index is 1.46. The number of hydrogen-bond donors (Lipinski definition) is 1. The highest BCUT2D eigenvalue weighted by atomic mass is 16.5.